The number of anilines is 2. The quantitative estimate of drug-likeness (QED) is 0.750. The lowest BCUT2D eigenvalue weighted by Gasteiger charge is -2.36. The number of carbonyl (C=O) groups excluding carboxylic acids is 2. The third kappa shape index (κ3) is 4.94. The summed E-state index contributed by atoms with van der Waals surface area (Å²) in [5, 5.41) is 0. The highest BCUT2D eigenvalue weighted by Gasteiger charge is 2.24. The van der Waals surface area contributed by atoms with Gasteiger partial charge in [-0.05, 0) is 30.2 Å². The first-order valence-corrected chi connectivity index (χ1v) is 10.1. The van der Waals surface area contributed by atoms with E-state index in [4.69, 9.17) is 0 Å². The minimum atomic E-state index is -0.237. The van der Waals surface area contributed by atoms with Crippen molar-refractivity contribution in [1.82, 2.24) is 4.90 Å². The largest absolute Gasteiger partial charge is 0.366 e. The minimum absolute atomic E-state index is 0.0263. The van der Waals surface area contributed by atoms with E-state index in [0.29, 0.717) is 38.4 Å². The van der Waals surface area contributed by atoms with Crippen molar-refractivity contribution in [2.24, 2.45) is 0 Å². The van der Waals surface area contributed by atoms with E-state index < -0.39 is 0 Å². The van der Waals surface area contributed by atoms with Crippen molar-refractivity contribution in [1.29, 1.82) is 0 Å². The molecule has 0 saturated carbocycles. The van der Waals surface area contributed by atoms with Crippen LogP contribution in [-0.4, -0.2) is 49.4 Å². The lowest BCUT2D eigenvalue weighted by molar-refractivity contribution is -0.131. The summed E-state index contributed by atoms with van der Waals surface area (Å²) in [4.78, 5) is 30.4. The van der Waals surface area contributed by atoms with Gasteiger partial charge in [0, 0.05) is 51.8 Å². The molecule has 6 heteroatoms. The first kappa shape index (κ1) is 20.8. The number of hydrogen-bond donors (Lipinski definition) is 0. The molecule has 1 aliphatic heterocycles. The molecule has 3 rings (SSSR count). The highest BCUT2D eigenvalue weighted by molar-refractivity contribution is 5.93. The molecule has 2 aromatic carbocycles. The smallest absolute Gasteiger partial charge is 0.224 e. The molecule has 1 saturated heterocycles. The van der Waals surface area contributed by atoms with Gasteiger partial charge in [-0.25, -0.2) is 4.39 Å². The molecule has 2 aromatic rings. The molecule has 5 nitrogen and oxygen atoms in total. The minimum Gasteiger partial charge on any atom is -0.366 e. The van der Waals surface area contributed by atoms with Crippen LogP contribution in [0.15, 0.2) is 48.5 Å². The molecule has 2 amide bonds. The van der Waals surface area contributed by atoms with Gasteiger partial charge in [0.2, 0.25) is 11.8 Å². The second-order valence-corrected chi connectivity index (χ2v) is 7.22. The Balaban J connectivity index is 1.58. The van der Waals surface area contributed by atoms with Crippen molar-refractivity contribution < 1.29 is 14.0 Å². The van der Waals surface area contributed by atoms with Gasteiger partial charge in [-0.1, -0.05) is 37.3 Å². The Morgan fingerprint density at radius 1 is 1.00 bits per heavy atom. The van der Waals surface area contributed by atoms with E-state index in [0.717, 1.165) is 17.7 Å². The summed E-state index contributed by atoms with van der Waals surface area (Å²) in [6, 6.07) is 14.5. The first-order chi connectivity index (χ1) is 14.0. The summed E-state index contributed by atoms with van der Waals surface area (Å²) in [7, 11) is 0. The zero-order valence-electron chi connectivity index (χ0n) is 17.1. The molecule has 0 radical (unpaired) electrons. The van der Waals surface area contributed by atoms with Crippen LogP contribution in [0.2, 0.25) is 0 Å². The maximum absolute atomic E-state index is 14.0. The van der Waals surface area contributed by atoms with Crippen LogP contribution in [0.25, 0.3) is 0 Å². The van der Waals surface area contributed by atoms with Crippen molar-refractivity contribution in [2.45, 2.75) is 26.7 Å². The molecule has 1 heterocycles. The summed E-state index contributed by atoms with van der Waals surface area (Å²) in [5.74, 6) is -0.277. The number of amides is 2. The van der Waals surface area contributed by atoms with E-state index in [2.05, 4.69) is 6.92 Å². The number of hydrogen-bond acceptors (Lipinski definition) is 3. The standard InChI is InChI=1S/C23H28FN3O2/c1-3-19-8-4-6-10-21(19)27(18(2)28)13-12-23(29)26-16-14-25(15-17-26)22-11-7-5-9-20(22)24/h4-11H,3,12-17H2,1-2H3. The van der Waals surface area contributed by atoms with Crippen LogP contribution >= 0.6 is 0 Å². The molecule has 0 unspecified atom stereocenters. The van der Waals surface area contributed by atoms with Gasteiger partial charge < -0.3 is 14.7 Å². The van der Waals surface area contributed by atoms with Crippen LogP contribution in [0.3, 0.4) is 0 Å². The SMILES string of the molecule is CCc1ccccc1N(CCC(=O)N1CCN(c2ccccc2F)CC1)C(C)=O. The number of rotatable bonds is 6. The molecular formula is C23H28FN3O2. The van der Waals surface area contributed by atoms with E-state index in [9.17, 15) is 14.0 Å². The second-order valence-electron chi connectivity index (χ2n) is 7.22. The molecule has 154 valence electrons. The maximum Gasteiger partial charge on any atom is 0.224 e. The lowest BCUT2D eigenvalue weighted by atomic mass is 10.1. The molecule has 29 heavy (non-hydrogen) atoms. The normalized spacial score (nSPS) is 14.0. The monoisotopic (exact) mass is 397 g/mol. The number of benzene rings is 2. The van der Waals surface area contributed by atoms with Gasteiger partial charge in [-0.3, -0.25) is 9.59 Å². The third-order valence-electron chi connectivity index (χ3n) is 5.42. The second kappa shape index (κ2) is 9.54. The molecule has 0 aliphatic carbocycles. The van der Waals surface area contributed by atoms with Crippen molar-refractivity contribution in [3.63, 3.8) is 0 Å². The number of piperazine rings is 1. The number of para-hydroxylation sites is 2. The predicted molar refractivity (Wildman–Crippen MR) is 114 cm³/mol. The summed E-state index contributed by atoms with van der Waals surface area (Å²) in [6.07, 6.45) is 1.10. The summed E-state index contributed by atoms with van der Waals surface area (Å²) >= 11 is 0. The highest BCUT2D eigenvalue weighted by atomic mass is 19.1. The number of aryl methyl sites for hydroxylation is 1. The summed E-state index contributed by atoms with van der Waals surface area (Å²) in [6.45, 7) is 6.25. The number of nitrogens with zero attached hydrogens (tertiary/aromatic N) is 3. The van der Waals surface area contributed by atoms with Crippen LogP contribution in [0, 0.1) is 5.82 Å². The fourth-order valence-electron chi connectivity index (χ4n) is 3.79. The van der Waals surface area contributed by atoms with Crippen molar-refractivity contribution >= 4 is 23.2 Å². The Kier molecular flexibility index (Phi) is 6.86. The first-order valence-electron chi connectivity index (χ1n) is 10.1. The molecule has 1 aliphatic rings. The zero-order valence-corrected chi connectivity index (χ0v) is 17.1. The average Bonchev–Trinajstić information content (AvgIpc) is 2.74. The predicted octanol–water partition coefficient (Wildman–Crippen LogP) is 3.48. The van der Waals surface area contributed by atoms with Gasteiger partial charge in [0.25, 0.3) is 0 Å². The van der Waals surface area contributed by atoms with Crippen LogP contribution in [0.4, 0.5) is 15.8 Å². The average molecular weight is 397 g/mol. The Labute approximate surface area is 171 Å². The highest BCUT2D eigenvalue weighted by Crippen LogP contribution is 2.23. The van der Waals surface area contributed by atoms with Gasteiger partial charge in [0.05, 0.1) is 5.69 Å². The van der Waals surface area contributed by atoms with E-state index in [1.165, 1.54) is 13.0 Å². The summed E-state index contributed by atoms with van der Waals surface area (Å²) in [5.41, 5.74) is 2.55. The molecule has 0 aromatic heterocycles. The van der Waals surface area contributed by atoms with Gasteiger partial charge >= 0.3 is 0 Å². The van der Waals surface area contributed by atoms with Crippen molar-refractivity contribution in [3.8, 4) is 0 Å². The Bertz CT molecular complexity index is 863. The Morgan fingerprint density at radius 3 is 2.31 bits per heavy atom. The Hall–Kier alpha value is -2.89. The fourth-order valence-corrected chi connectivity index (χ4v) is 3.79. The molecule has 0 bridgehead atoms. The van der Waals surface area contributed by atoms with Crippen LogP contribution < -0.4 is 9.80 Å². The fraction of sp³-hybridized carbons (Fsp3) is 0.391. The van der Waals surface area contributed by atoms with Gasteiger partial charge in [0.15, 0.2) is 0 Å². The molecule has 0 N–H and O–H groups in total. The third-order valence-corrected chi connectivity index (χ3v) is 5.42. The van der Waals surface area contributed by atoms with Crippen molar-refractivity contribution in [3.05, 3.63) is 59.9 Å². The number of halogens is 1. The van der Waals surface area contributed by atoms with E-state index in [1.54, 1.807) is 21.9 Å². The van der Waals surface area contributed by atoms with Crippen LogP contribution in [0.5, 0.6) is 0 Å². The maximum atomic E-state index is 14.0. The van der Waals surface area contributed by atoms with Gasteiger partial charge in [-0.15, -0.1) is 0 Å². The molecular weight excluding hydrogens is 369 g/mol. The van der Waals surface area contributed by atoms with Gasteiger partial charge in [0.1, 0.15) is 5.82 Å². The zero-order chi connectivity index (χ0) is 20.8. The van der Waals surface area contributed by atoms with Crippen molar-refractivity contribution in [2.75, 3.05) is 42.5 Å². The van der Waals surface area contributed by atoms with Gasteiger partial charge in [-0.2, -0.15) is 0 Å². The number of carbonyl (C=O) groups is 2. The topological polar surface area (TPSA) is 43.9 Å². The van der Waals surface area contributed by atoms with Crippen LogP contribution in [-0.2, 0) is 16.0 Å². The molecule has 0 spiro atoms. The van der Waals surface area contributed by atoms with E-state index >= 15 is 0 Å². The summed E-state index contributed by atoms with van der Waals surface area (Å²) < 4.78 is 14.0. The Morgan fingerprint density at radius 2 is 1.66 bits per heavy atom. The van der Waals surface area contributed by atoms with Crippen LogP contribution in [0.1, 0.15) is 25.8 Å². The molecule has 1 fully saturated rings. The van der Waals surface area contributed by atoms with E-state index in [-0.39, 0.29) is 24.1 Å². The van der Waals surface area contributed by atoms with E-state index in [1.807, 2.05) is 35.2 Å². The lowest BCUT2D eigenvalue weighted by Crippen LogP contribution is -2.49. The molecule has 0 atom stereocenters.